The van der Waals surface area contributed by atoms with Gasteiger partial charge in [0.15, 0.2) is 0 Å². The second-order valence-corrected chi connectivity index (χ2v) is 5.69. The van der Waals surface area contributed by atoms with Crippen molar-refractivity contribution in [3.8, 4) is 11.3 Å². The molecule has 0 spiro atoms. The summed E-state index contributed by atoms with van der Waals surface area (Å²) in [4.78, 5) is 11.9. The van der Waals surface area contributed by atoms with Gasteiger partial charge in [-0.2, -0.15) is 5.10 Å². The third kappa shape index (κ3) is 1.59. The van der Waals surface area contributed by atoms with Gasteiger partial charge < -0.3 is 4.57 Å². The number of benzene rings is 1. The molecule has 0 aliphatic rings. The molecule has 1 aromatic carbocycles. The molecule has 3 aromatic heterocycles. The van der Waals surface area contributed by atoms with E-state index >= 15 is 0 Å². The van der Waals surface area contributed by atoms with Gasteiger partial charge in [0.2, 0.25) is 0 Å². The van der Waals surface area contributed by atoms with Gasteiger partial charge in [-0.25, -0.2) is 0 Å². The van der Waals surface area contributed by atoms with Crippen molar-refractivity contribution < 1.29 is 0 Å². The summed E-state index contributed by atoms with van der Waals surface area (Å²) in [7, 11) is 3.80. The van der Waals surface area contributed by atoms with Crippen LogP contribution in [-0.2, 0) is 14.1 Å². The average molecular weight is 292 g/mol. The molecule has 4 aromatic rings. The number of nitrogens with zero attached hydrogens (tertiary/aromatic N) is 3. The molecule has 0 unspecified atom stereocenters. The Bertz CT molecular complexity index is 1080. The second-order valence-electron chi connectivity index (χ2n) is 5.69. The molecule has 5 heteroatoms. The van der Waals surface area contributed by atoms with Gasteiger partial charge in [-0.15, -0.1) is 0 Å². The molecule has 0 aliphatic heterocycles. The SMILES string of the molecule is Cc1cn[nH]c1-c1ccc2c(c1)c1ccc(=O)n(C)c1n2C. The van der Waals surface area contributed by atoms with Crippen LogP contribution in [0.4, 0.5) is 0 Å². The summed E-state index contributed by atoms with van der Waals surface area (Å²) in [6.45, 7) is 2.04. The first-order valence-electron chi connectivity index (χ1n) is 7.16. The zero-order valence-electron chi connectivity index (χ0n) is 12.7. The summed E-state index contributed by atoms with van der Waals surface area (Å²) in [6.07, 6.45) is 1.83. The minimum absolute atomic E-state index is 0.00282. The maximum atomic E-state index is 11.9. The number of aromatic nitrogens is 4. The quantitative estimate of drug-likeness (QED) is 0.586. The lowest BCUT2D eigenvalue weighted by atomic mass is 10.1. The number of aryl methyl sites for hydroxylation is 3. The number of aromatic amines is 1. The second kappa shape index (κ2) is 4.34. The fraction of sp³-hybridized carbons (Fsp3) is 0.176. The van der Waals surface area contributed by atoms with Gasteiger partial charge >= 0.3 is 0 Å². The number of fused-ring (bicyclic) bond motifs is 3. The average Bonchev–Trinajstić information content (AvgIpc) is 3.05. The molecule has 0 fully saturated rings. The Hall–Kier alpha value is -2.82. The number of H-pyrrole nitrogens is 1. The lowest BCUT2D eigenvalue weighted by Gasteiger charge is -2.03. The number of hydrogen-bond donors (Lipinski definition) is 1. The van der Waals surface area contributed by atoms with Crippen LogP contribution in [0.5, 0.6) is 0 Å². The predicted molar refractivity (Wildman–Crippen MR) is 88.0 cm³/mol. The maximum absolute atomic E-state index is 11.9. The van der Waals surface area contributed by atoms with Gasteiger partial charge in [0.25, 0.3) is 5.56 Å². The fourth-order valence-electron chi connectivity index (χ4n) is 3.19. The fourth-order valence-corrected chi connectivity index (χ4v) is 3.19. The molecule has 0 atom stereocenters. The highest BCUT2D eigenvalue weighted by Crippen LogP contribution is 2.31. The Kier molecular flexibility index (Phi) is 2.54. The van der Waals surface area contributed by atoms with E-state index in [-0.39, 0.29) is 5.56 Å². The first-order chi connectivity index (χ1) is 10.6. The highest BCUT2D eigenvalue weighted by Gasteiger charge is 2.13. The van der Waals surface area contributed by atoms with Crippen molar-refractivity contribution in [3.63, 3.8) is 0 Å². The molecule has 5 nitrogen and oxygen atoms in total. The molecule has 0 aliphatic carbocycles. The lowest BCUT2D eigenvalue weighted by molar-refractivity contribution is 0.845. The Morgan fingerprint density at radius 3 is 2.59 bits per heavy atom. The summed E-state index contributed by atoms with van der Waals surface area (Å²) in [5.74, 6) is 0. The largest absolute Gasteiger partial charge is 0.330 e. The van der Waals surface area contributed by atoms with Gasteiger partial charge in [0, 0.05) is 36.5 Å². The molecule has 4 rings (SSSR count). The van der Waals surface area contributed by atoms with E-state index < -0.39 is 0 Å². The first-order valence-corrected chi connectivity index (χ1v) is 7.16. The summed E-state index contributed by atoms with van der Waals surface area (Å²) < 4.78 is 3.76. The molecule has 0 bridgehead atoms. The third-order valence-corrected chi connectivity index (χ3v) is 4.37. The zero-order valence-corrected chi connectivity index (χ0v) is 12.7. The van der Waals surface area contributed by atoms with Crippen LogP contribution >= 0.6 is 0 Å². The third-order valence-electron chi connectivity index (χ3n) is 4.37. The molecule has 3 heterocycles. The van der Waals surface area contributed by atoms with Gasteiger partial charge in [0.05, 0.1) is 17.4 Å². The van der Waals surface area contributed by atoms with Crippen molar-refractivity contribution in [1.29, 1.82) is 0 Å². The molecule has 22 heavy (non-hydrogen) atoms. The normalized spacial score (nSPS) is 11.6. The number of nitrogens with one attached hydrogen (secondary N) is 1. The smallest absolute Gasteiger partial charge is 0.251 e. The molecule has 0 radical (unpaired) electrons. The molecule has 0 amide bonds. The van der Waals surface area contributed by atoms with E-state index in [4.69, 9.17) is 0 Å². The minimum atomic E-state index is 0.00282. The van der Waals surface area contributed by atoms with E-state index in [9.17, 15) is 4.79 Å². The molecule has 0 saturated heterocycles. The molecule has 1 N–H and O–H groups in total. The minimum Gasteiger partial charge on any atom is -0.330 e. The Balaban J connectivity index is 2.13. The van der Waals surface area contributed by atoms with Crippen LogP contribution in [0.15, 0.2) is 41.3 Å². The Morgan fingerprint density at radius 1 is 1.05 bits per heavy atom. The van der Waals surface area contributed by atoms with Gasteiger partial charge in [0.1, 0.15) is 5.65 Å². The monoisotopic (exact) mass is 292 g/mol. The molecular formula is C17H16N4O. The van der Waals surface area contributed by atoms with Crippen molar-refractivity contribution in [2.75, 3.05) is 0 Å². The maximum Gasteiger partial charge on any atom is 0.251 e. The number of hydrogen-bond acceptors (Lipinski definition) is 2. The van der Waals surface area contributed by atoms with Crippen LogP contribution in [0.2, 0.25) is 0 Å². The van der Waals surface area contributed by atoms with Crippen LogP contribution in [0.25, 0.3) is 33.2 Å². The summed E-state index contributed by atoms with van der Waals surface area (Å²) in [5.41, 5.74) is 5.29. The van der Waals surface area contributed by atoms with E-state index in [1.807, 2.05) is 33.3 Å². The van der Waals surface area contributed by atoms with Crippen molar-refractivity contribution in [2.24, 2.45) is 14.1 Å². The predicted octanol–water partition coefficient (Wildman–Crippen LogP) is 2.73. The van der Waals surface area contributed by atoms with E-state index in [0.29, 0.717) is 0 Å². The van der Waals surface area contributed by atoms with Crippen LogP contribution < -0.4 is 5.56 Å². The lowest BCUT2D eigenvalue weighted by Crippen LogP contribution is -2.16. The number of rotatable bonds is 1. The number of pyridine rings is 1. The van der Waals surface area contributed by atoms with Crippen molar-refractivity contribution in [2.45, 2.75) is 6.92 Å². The summed E-state index contributed by atoms with van der Waals surface area (Å²) in [5, 5.41) is 9.37. The van der Waals surface area contributed by atoms with E-state index in [2.05, 4.69) is 33.0 Å². The highest BCUT2D eigenvalue weighted by atomic mass is 16.1. The van der Waals surface area contributed by atoms with Crippen molar-refractivity contribution >= 4 is 21.9 Å². The Morgan fingerprint density at radius 2 is 1.86 bits per heavy atom. The molecular weight excluding hydrogens is 276 g/mol. The summed E-state index contributed by atoms with van der Waals surface area (Å²) >= 11 is 0. The Labute approximate surface area is 126 Å². The van der Waals surface area contributed by atoms with Crippen LogP contribution in [0, 0.1) is 6.92 Å². The first kappa shape index (κ1) is 12.9. The van der Waals surface area contributed by atoms with E-state index in [1.54, 1.807) is 10.6 Å². The topological polar surface area (TPSA) is 55.6 Å². The van der Waals surface area contributed by atoms with E-state index in [1.165, 1.54) is 0 Å². The van der Waals surface area contributed by atoms with Gasteiger partial charge in [-0.05, 0) is 30.7 Å². The van der Waals surface area contributed by atoms with Crippen LogP contribution in [-0.4, -0.2) is 19.3 Å². The molecule has 110 valence electrons. The molecule has 0 saturated carbocycles. The van der Waals surface area contributed by atoms with Crippen LogP contribution in [0.3, 0.4) is 0 Å². The highest BCUT2D eigenvalue weighted by molar-refractivity contribution is 6.08. The van der Waals surface area contributed by atoms with Gasteiger partial charge in [-0.1, -0.05) is 6.07 Å². The van der Waals surface area contributed by atoms with E-state index in [0.717, 1.165) is 38.8 Å². The van der Waals surface area contributed by atoms with Crippen molar-refractivity contribution in [1.82, 2.24) is 19.3 Å². The summed E-state index contributed by atoms with van der Waals surface area (Å²) in [6, 6.07) is 9.86. The van der Waals surface area contributed by atoms with Crippen LogP contribution in [0.1, 0.15) is 5.56 Å². The zero-order chi connectivity index (χ0) is 15.4. The van der Waals surface area contributed by atoms with Gasteiger partial charge in [-0.3, -0.25) is 14.5 Å². The van der Waals surface area contributed by atoms with Crippen molar-refractivity contribution in [3.05, 3.63) is 52.4 Å². The standard InChI is InChI=1S/C17H16N4O/c1-10-9-18-19-16(10)11-4-6-14-13(8-11)12-5-7-15(22)21(3)17(12)20(14)2/h4-9H,1-3H3,(H,18,19).